The molecule has 4 aromatic rings. The number of nitrogens with zero attached hydrogens (tertiary/aromatic N) is 2. The van der Waals surface area contributed by atoms with Crippen LogP contribution < -0.4 is 14.8 Å². The Labute approximate surface area is 202 Å². The molecule has 11 heteroatoms. The van der Waals surface area contributed by atoms with Crippen molar-refractivity contribution in [3.05, 3.63) is 72.1 Å². The zero-order chi connectivity index (χ0) is 26.1. The Morgan fingerprint density at radius 3 is 2.19 bits per heavy atom. The third-order valence-corrected chi connectivity index (χ3v) is 5.40. The number of alkyl halides is 6. The molecule has 0 aliphatic heterocycles. The van der Waals surface area contributed by atoms with Gasteiger partial charge in [0.05, 0.1) is 30.2 Å². The van der Waals surface area contributed by atoms with Crippen LogP contribution >= 0.6 is 0 Å². The van der Waals surface area contributed by atoms with Gasteiger partial charge >= 0.3 is 12.5 Å². The lowest BCUT2D eigenvalue weighted by Gasteiger charge is -2.14. The number of pyridine rings is 1. The highest BCUT2D eigenvalue weighted by Gasteiger charge is 2.31. The van der Waals surface area contributed by atoms with Gasteiger partial charge in [0.15, 0.2) is 5.65 Å². The summed E-state index contributed by atoms with van der Waals surface area (Å²) >= 11 is 0. The third-order valence-electron chi connectivity index (χ3n) is 5.40. The van der Waals surface area contributed by atoms with Gasteiger partial charge < -0.3 is 14.8 Å². The summed E-state index contributed by atoms with van der Waals surface area (Å²) in [5, 5.41) is 2.76. The molecule has 2 heterocycles. The summed E-state index contributed by atoms with van der Waals surface area (Å²) in [6.07, 6.45) is -6.98. The van der Waals surface area contributed by atoms with E-state index in [1.807, 2.05) is 32.0 Å². The van der Waals surface area contributed by atoms with Gasteiger partial charge in [-0.3, -0.25) is 4.40 Å². The summed E-state index contributed by atoms with van der Waals surface area (Å²) in [5.74, 6) is 0.0361. The number of aryl methyl sites for hydroxylation is 2. The van der Waals surface area contributed by atoms with E-state index in [9.17, 15) is 26.3 Å². The molecule has 1 N–H and O–H groups in total. The first-order valence-electron chi connectivity index (χ1n) is 10.8. The molecule has 0 aliphatic rings. The molecular formula is C25H21F6N3O2. The van der Waals surface area contributed by atoms with Crippen molar-refractivity contribution in [2.75, 3.05) is 11.9 Å². The van der Waals surface area contributed by atoms with Crippen molar-refractivity contribution >= 4 is 11.3 Å². The summed E-state index contributed by atoms with van der Waals surface area (Å²) in [6.45, 7) is 3.57. The Balaban J connectivity index is 1.70. The Hall–Kier alpha value is -3.89. The Kier molecular flexibility index (Phi) is 6.75. The number of halogens is 6. The fraction of sp³-hybridized carbons (Fsp3) is 0.240. The average Bonchev–Trinajstić information content (AvgIpc) is 3.19. The Morgan fingerprint density at radius 1 is 0.861 bits per heavy atom. The van der Waals surface area contributed by atoms with Gasteiger partial charge in [0.2, 0.25) is 0 Å². The first kappa shape index (κ1) is 25.2. The van der Waals surface area contributed by atoms with Gasteiger partial charge in [-0.05, 0) is 55.3 Å². The van der Waals surface area contributed by atoms with Crippen LogP contribution in [0.4, 0.5) is 32.0 Å². The van der Waals surface area contributed by atoms with Crippen molar-refractivity contribution in [2.24, 2.45) is 0 Å². The molecule has 5 nitrogen and oxygen atoms in total. The summed E-state index contributed by atoms with van der Waals surface area (Å²) in [6, 6.07) is 12.1. The van der Waals surface area contributed by atoms with Gasteiger partial charge in [0.25, 0.3) is 0 Å². The molecule has 0 aliphatic carbocycles. The maximum absolute atomic E-state index is 12.7. The van der Waals surface area contributed by atoms with Crippen LogP contribution in [0, 0.1) is 13.8 Å². The second kappa shape index (κ2) is 9.63. The van der Waals surface area contributed by atoms with Crippen molar-refractivity contribution in [3.63, 3.8) is 0 Å². The number of fused-ring (bicyclic) bond motifs is 1. The molecule has 2 aromatic heterocycles. The zero-order valence-electron chi connectivity index (χ0n) is 19.2. The molecule has 0 saturated carbocycles. The quantitative estimate of drug-likeness (QED) is 0.260. The van der Waals surface area contributed by atoms with Crippen LogP contribution in [0.2, 0.25) is 0 Å². The van der Waals surface area contributed by atoms with Crippen molar-refractivity contribution in [1.82, 2.24) is 9.38 Å². The molecule has 2 aromatic carbocycles. The second-order valence-electron chi connectivity index (χ2n) is 8.14. The minimum Gasteiger partial charge on any atom is -0.456 e. The summed E-state index contributed by atoms with van der Waals surface area (Å²) in [4.78, 5) is 4.40. The smallest absolute Gasteiger partial charge is 0.456 e. The second-order valence-corrected chi connectivity index (χ2v) is 8.14. The number of ether oxygens (including phenoxy) is 2. The van der Waals surface area contributed by atoms with Gasteiger partial charge in [-0.1, -0.05) is 12.1 Å². The highest BCUT2D eigenvalue weighted by molar-refractivity contribution is 5.75. The van der Waals surface area contributed by atoms with E-state index in [4.69, 9.17) is 4.74 Å². The Bertz CT molecular complexity index is 1360. The zero-order valence-corrected chi connectivity index (χ0v) is 19.2. The molecule has 0 unspecified atom stereocenters. The third kappa shape index (κ3) is 6.21. The van der Waals surface area contributed by atoms with Crippen LogP contribution in [0.25, 0.3) is 16.9 Å². The van der Waals surface area contributed by atoms with E-state index in [1.165, 1.54) is 18.2 Å². The molecule has 190 valence electrons. The van der Waals surface area contributed by atoms with E-state index in [0.717, 1.165) is 28.8 Å². The Morgan fingerprint density at radius 2 is 1.56 bits per heavy atom. The van der Waals surface area contributed by atoms with Gasteiger partial charge in [0.1, 0.15) is 17.2 Å². The van der Waals surface area contributed by atoms with Crippen LogP contribution in [0.3, 0.4) is 0 Å². The standard InChI is InChI=1S/C25H21F6N3O2/c1-15-3-4-17(11-16(15)2)22-13-33-23-21(32-10-9-24(26,27)28)12-20(14-34(22)23)35-18-5-7-19(8-6-18)36-25(29,30)31/h3-8,11-14,32H,9-10H2,1-2H3. The van der Waals surface area contributed by atoms with Crippen LogP contribution in [0.15, 0.2) is 60.9 Å². The molecule has 0 bridgehead atoms. The lowest BCUT2D eigenvalue weighted by Crippen LogP contribution is -2.16. The van der Waals surface area contributed by atoms with Crippen molar-refractivity contribution in [2.45, 2.75) is 32.8 Å². The monoisotopic (exact) mass is 509 g/mol. The predicted molar refractivity (Wildman–Crippen MR) is 122 cm³/mol. The van der Waals surface area contributed by atoms with Gasteiger partial charge in [-0.25, -0.2) is 4.98 Å². The number of anilines is 1. The minimum atomic E-state index is -4.82. The molecule has 0 amide bonds. The molecule has 36 heavy (non-hydrogen) atoms. The molecule has 0 saturated heterocycles. The molecule has 0 spiro atoms. The van der Waals surface area contributed by atoms with Gasteiger partial charge in [-0.15, -0.1) is 13.2 Å². The van der Waals surface area contributed by atoms with E-state index in [-0.39, 0.29) is 18.0 Å². The highest BCUT2D eigenvalue weighted by Crippen LogP contribution is 2.33. The van der Waals surface area contributed by atoms with E-state index >= 15 is 0 Å². The highest BCUT2D eigenvalue weighted by atomic mass is 19.4. The number of imidazole rings is 1. The van der Waals surface area contributed by atoms with E-state index in [0.29, 0.717) is 17.0 Å². The summed E-state index contributed by atoms with van der Waals surface area (Å²) in [5.41, 5.74) is 4.39. The lowest BCUT2D eigenvalue weighted by atomic mass is 10.0. The predicted octanol–water partition coefficient (Wildman–Crippen LogP) is 7.67. The van der Waals surface area contributed by atoms with Crippen LogP contribution in [0.1, 0.15) is 17.5 Å². The lowest BCUT2D eigenvalue weighted by molar-refractivity contribution is -0.274. The SMILES string of the molecule is Cc1ccc(-c2cnc3c(NCCC(F)(F)F)cc(Oc4ccc(OC(F)(F)F)cc4)cn23)cc1C. The number of rotatable bonds is 7. The van der Waals surface area contributed by atoms with E-state index in [1.54, 1.807) is 16.8 Å². The number of nitrogens with one attached hydrogen (secondary N) is 1. The fourth-order valence-electron chi connectivity index (χ4n) is 3.55. The fourth-order valence-corrected chi connectivity index (χ4v) is 3.55. The number of benzene rings is 2. The number of hydrogen-bond donors (Lipinski definition) is 1. The van der Waals surface area contributed by atoms with Crippen molar-refractivity contribution in [3.8, 4) is 28.5 Å². The first-order valence-corrected chi connectivity index (χ1v) is 10.8. The van der Waals surface area contributed by atoms with Gasteiger partial charge in [0, 0.05) is 18.2 Å². The molecule has 0 atom stereocenters. The number of aromatic nitrogens is 2. The topological polar surface area (TPSA) is 47.8 Å². The summed E-state index contributed by atoms with van der Waals surface area (Å²) < 4.78 is 86.7. The molecular weight excluding hydrogens is 488 g/mol. The molecule has 0 radical (unpaired) electrons. The van der Waals surface area contributed by atoms with Crippen LogP contribution in [-0.2, 0) is 0 Å². The van der Waals surface area contributed by atoms with Crippen LogP contribution in [-0.4, -0.2) is 28.5 Å². The van der Waals surface area contributed by atoms with E-state index in [2.05, 4.69) is 15.0 Å². The maximum atomic E-state index is 12.7. The maximum Gasteiger partial charge on any atom is 0.573 e. The van der Waals surface area contributed by atoms with Crippen molar-refractivity contribution < 1.29 is 35.8 Å². The van der Waals surface area contributed by atoms with Crippen molar-refractivity contribution in [1.29, 1.82) is 0 Å². The normalized spacial score (nSPS) is 12.1. The summed E-state index contributed by atoms with van der Waals surface area (Å²) in [7, 11) is 0. The minimum absolute atomic E-state index is 0.206. The molecule has 4 rings (SSSR count). The number of hydrogen-bond acceptors (Lipinski definition) is 4. The average molecular weight is 509 g/mol. The largest absolute Gasteiger partial charge is 0.573 e. The van der Waals surface area contributed by atoms with E-state index < -0.39 is 24.7 Å². The first-order chi connectivity index (χ1) is 16.9. The van der Waals surface area contributed by atoms with Gasteiger partial charge in [-0.2, -0.15) is 13.2 Å². The van der Waals surface area contributed by atoms with Crippen LogP contribution in [0.5, 0.6) is 17.2 Å². The molecule has 0 fully saturated rings.